The van der Waals surface area contributed by atoms with Crippen molar-refractivity contribution in [1.82, 2.24) is 9.71 Å². The van der Waals surface area contributed by atoms with Gasteiger partial charge in [0.2, 0.25) is 10.0 Å². The number of aromatic nitrogens is 1. The van der Waals surface area contributed by atoms with Crippen LogP contribution >= 0.6 is 0 Å². The summed E-state index contributed by atoms with van der Waals surface area (Å²) in [5.41, 5.74) is 3.04. The number of carbonyl (C=O) groups excluding carboxylic acids is 1. The lowest BCUT2D eigenvalue weighted by atomic mass is 9.94. The van der Waals surface area contributed by atoms with E-state index in [0.717, 1.165) is 29.5 Å². The summed E-state index contributed by atoms with van der Waals surface area (Å²) < 4.78 is 33.4. The number of H-pyrrole nitrogens is 1. The van der Waals surface area contributed by atoms with Crippen molar-refractivity contribution < 1.29 is 17.6 Å². The number of benzene rings is 1. The van der Waals surface area contributed by atoms with E-state index in [1.807, 2.05) is 13.0 Å². The zero-order valence-electron chi connectivity index (χ0n) is 14.5. The molecule has 0 radical (unpaired) electrons. The van der Waals surface area contributed by atoms with Crippen LogP contribution in [0.15, 0.2) is 39.8 Å². The second-order valence-corrected chi connectivity index (χ2v) is 8.25. The van der Waals surface area contributed by atoms with Gasteiger partial charge in [-0.05, 0) is 49.1 Å². The lowest BCUT2D eigenvalue weighted by Crippen LogP contribution is -2.24. The largest absolute Gasteiger partial charge is 0.468 e. The number of aromatic amines is 1. The van der Waals surface area contributed by atoms with Crippen molar-refractivity contribution in [2.45, 2.75) is 44.0 Å². The van der Waals surface area contributed by atoms with Crippen molar-refractivity contribution in [1.29, 1.82) is 0 Å². The minimum absolute atomic E-state index is 0.0935. The molecule has 7 heteroatoms. The number of fused-ring (bicyclic) bond motifs is 3. The molecule has 136 valence electrons. The fourth-order valence-corrected chi connectivity index (χ4v) is 4.87. The van der Waals surface area contributed by atoms with Crippen molar-refractivity contribution in [3.8, 4) is 0 Å². The van der Waals surface area contributed by atoms with E-state index in [0.29, 0.717) is 29.7 Å². The average Bonchev–Trinajstić information content (AvgIpc) is 3.26. The van der Waals surface area contributed by atoms with Crippen LogP contribution in [0.4, 0.5) is 0 Å². The Morgan fingerprint density at radius 1 is 1.27 bits per heavy atom. The number of hydrogen-bond donors (Lipinski definition) is 2. The zero-order chi connectivity index (χ0) is 18.3. The van der Waals surface area contributed by atoms with Gasteiger partial charge >= 0.3 is 0 Å². The van der Waals surface area contributed by atoms with Crippen LogP contribution in [-0.4, -0.2) is 19.2 Å². The summed E-state index contributed by atoms with van der Waals surface area (Å²) in [7, 11) is -3.70. The highest BCUT2D eigenvalue weighted by Gasteiger charge is 2.25. The summed E-state index contributed by atoms with van der Waals surface area (Å²) in [6.45, 7) is 2.00. The van der Waals surface area contributed by atoms with Gasteiger partial charge in [0.05, 0.1) is 17.7 Å². The first-order valence-electron chi connectivity index (χ1n) is 8.72. The number of Topliss-reactive ketones (excluding diaryl/α,β-unsaturated/α-hetero) is 1. The Hall–Kier alpha value is -2.38. The highest BCUT2D eigenvalue weighted by Crippen LogP contribution is 2.32. The van der Waals surface area contributed by atoms with Crippen molar-refractivity contribution in [2.24, 2.45) is 0 Å². The van der Waals surface area contributed by atoms with Gasteiger partial charge in [-0.2, -0.15) is 0 Å². The van der Waals surface area contributed by atoms with Crippen LogP contribution < -0.4 is 4.72 Å². The summed E-state index contributed by atoms with van der Waals surface area (Å²) in [5.74, 6) is 0.680. The van der Waals surface area contributed by atoms with Gasteiger partial charge < -0.3 is 9.40 Å². The molecule has 0 spiro atoms. The van der Waals surface area contributed by atoms with Gasteiger partial charge in [0.15, 0.2) is 5.78 Å². The van der Waals surface area contributed by atoms with Crippen molar-refractivity contribution >= 4 is 26.7 Å². The number of nitrogens with one attached hydrogen (secondary N) is 2. The van der Waals surface area contributed by atoms with Gasteiger partial charge in [-0.25, -0.2) is 13.1 Å². The average molecular weight is 372 g/mol. The molecule has 0 saturated heterocycles. The summed E-state index contributed by atoms with van der Waals surface area (Å²) in [6.07, 6.45) is 4.26. The Kier molecular flexibility index (Phi) is 4.20. The number of carbonyl (C=O) groups is 1. The SMILES string of the molecule is CCc1cc2c3c([nH]c2cc1S(=O)(=O)NCc1ccco1)CCCC3=O. The smallest absolute Gasteiger partial charge is 0.241 e. The third-order valence-corrected chi connectivity index (χ3v) is 6.34. The summed E-state index contributed by atoms with van der Waals surface area (Å²) >= 11 is 0. The first-order valence-corrected chi connectivity index (χ1v) is 10.2. The molecule has 26 heavy (non-hydrogen) atoms. The molecule has 0 fully saturated rings. The third kappa shape index (κ3) is 2.87. The number of aryl methyl sites for hydroxylation is 2. The van der Waals surface area contributed by atoms with Gasteiger partial charge in [-0.15, -0.1) is 0 Å². The molecule has 1 aliphatic rings. The van der Waals surface area contributed by atoms with E-state index in [-0.39, 0.29) is 17.2 Å². The maximum Gasteiger partial charge on any atom is 0.241 e. The third-order valence-electron chi connectivity index (χ3n) is 4.85. The van der Waals surface area contributed by atoms with E-state index in [1.54, 1.807) is 18.2 Å². The molecule has 2 aromatic heterocycles. The maximum atomic E-state index is 12.8. The molecule has 0 unspecified atom stereocenters. The molecule has 0 saturated carbocycles. The van der Waals surface area contributed by atoms with Gasteiger partial charge in [-0.3, -0.25) is 4.79 Å². The maximum absolute atomic E-state index is 12.8. The fourth-order valence-electron chi connectivity index (χ4n) is 3.56. The van der Waals surface area contributed by atoms with Crippen LogP contribution in [-0.2, 0) is 29.4 Å². The molecule has 1 aromatic carbocycles. The Labute approximate surface area is 151 Å². The minimum Gasteiger partial charge on any atom is -0.468 e. The highest BCUT2D eigenvalue weighted by atomic mass is 32.2. The van der Waals surface area contributed by atoms with Crippen LogP contribution in [0.3, 0.4) is 0 Å². The normalized spacial score (nSPS) is 14.7. The number of rotatable bonds is 5. The first-order chi connectivity index (χ1) is 12.5. The number of furan rings is 1. The first kappa shape index (κ1) is 17.1. The monoisotopic (exact) mass is 372 g/mol. The van der Waals surface area contributed by atoms with Crippen molar-refractivity contribution in [3.05, 3.63) is 53.1 Å². The molecule has 1 aliphatic carbocycles. The minimum atomic E-state index is -3.70. The van der Waals surface area contributed by atoms with Crippen molar-refractivity contribution in [3.63, 3.8) is 0 Å². The van der Waals surface area contributed by atoms with Gasteiger partial charge in [-0.1, -0.05) is 6.92 Å². The second-order valence-electron chi connectivity index (χ2n) is 6.52. The van der Waals surface area contributed by atoms with Crippen LogP contribution in [0.1, 0.15) is 47.1 Å². The fraction of sp³-hybridized carbons (Fsp3) is 0.316. The van der Waals surface area contributed by atoms with Gasteiger partial charge in [0.1, 0.15) is 5.76 Å². The summed E-state index contributed by atoms with van der Waals surface area (Å²) in [4.78, 5) is 15.8. The predicted molar refractivity (Wildman–Crippen MR) is 97.7 cm³/mol. The van der Waals surface area contributed by atoms with E-state index in [9.17, 15) is 13.2 Å². The van der Waals surface area contributed by atoms with E-state index in [4.69, 9.17) is 4.42 Å². The molecular formula is C19H20N2O4S. The lowest BCUT2D eigenvalue weighted by Gasteiger charge is -2.12. The number of sulfonamides is 1. The summed E-state index contributed by atoms with van der Waals surface area (Å²) in [6, 6.07) is 6.92. The van der Waals surface area contributed by atoms with Gasteiger partial charge in [0.25, 0.3) is 0 Å². The molecule has 6 nitrogen and oxygen atoms in total. The van der Waals surface area contributed by atoms with Crippen molar-refractivity contribution in [2.75, 3.05) is 0 Å². The quantitative estimate of drug-likeness (QED) is 0.719. The molecule has 0 atom stereocenters. The molecule has 0 amide bonds. The van der Waals surface area contributed by atoms with E-state index in [2.05, 4.69) is 9.71 Å². The molecule has 2 N–H and O–H groups in total. The van der Waals surface area contributed by atoms with E-state index < -0.39 is 10.0 Å². The predicted octanol–water partition coefficient (Wildman–Crippen LogP) is 3.32. The Balaban J connectivity index is 1.78. The Morgan fingerprint density at radius 2 is 2.12 bits per heavy atom. The van der Waals surface area contributed by atoms with E-state index >= 15 is 0 Å². The molecule has 3 aromatic rings. The van der Waals surface area contributed by atoms with Crippen LogP contribution in [0.5, 0.6) is 0 Å². The molecular weight excluding hydrogens is 352 g/mol. The molecule has 2 heterocycles. The Morgan fingerprint density at radius 3 is 2.85 bits per heavy atom. The van der Waals surface area contributed by atoms with Crippen LogP contribution in [0.25, 0.3) is 10.9 Å². The molecule has 0 aliphatic heterocycles. The molecule has 0 bridgehead atoms. The van der Waals surface area contributed by atoms with Crippen LogP contribution in [0.2, 0.25) is 0 Å². The lowest BCUT2D eigenvalue weighted by molar-refractivity contribution is 0.0974. The number of ketones is 1. The highest BCUT2D eigenvalue weighted by molar-refractivity contribution is 7.89. The Bertz CT molecular complexity index is 1080. The van der Waals surface area contributed by atoms with Gasteiger partial charge in [0, 0.05) is 28.6 Å². The standard InChI is InChI=1S/C19H20N2O4S/c1-2-12-9-14-16(21-15-6-3-7-17(22)19(14)15)10-18(12)26(23,24)20-11-13-5-4-8-25-13/h4-5,8-10,20-21H,2-3,6-7,11H2,1H3. The summed E-state index contributed by atoms with van der Waals surface area (Å²) in [5, 5.41) is 0.825. The topological polar surface area (TPSA) is 92.2 Å². The van der Waals surface area contributed by atoms with E-state index in [1.165, 1.54) is 6.26 Å². The molecule has 4 rings (SSSR count). The van der Waals surface area contributed by atoms with Crippen LogP contribution in [0, 0.1) is 0 Å². The second kappa shape index (κ2) is 6.41. The number of hydrogen-bond acceptors (Lipinski definition) is 4. The zero-order valence-corrected chi connectivity index (χ0v) is 15.3.